The normalized spacial score (nSPS) is 10.1. The van der Waals surface area contributed by atoms with Crippen LogP contribution in [0, 0.1) is 11.3 Å². The fourth-order valence-electron chi connectivity index (χ4n) is 1.68. The number of carbonyl (C=O) groups is 1. The predicted octanol–water partition coefficient (Wildman–Crippen LogP) is 2.52. The van der Waals surface area contributed by atoms with Gasteiger partial charge in [0, 0.05) is 11.5 Å². The lowest BCUT2D eigenvalue weighted by atomic mass is 10.1. The summed E-state index contributed by atoms with van der Waals surface area (Å²) >= 11 is 0. The van der Waals surface area contributed by atoms with Crippen LogP contribution in [0.2, 0.25) is 0 Å². The molecular formula is C12H9NO3. The van der Waals surface area contributed by atoms with E-state index in [0.29, 0.717) is 22.3 Å². The van der Waals surface area contributed by atoms with E-state index in [1.54, 1.807) is 18.2 Å². The first kappa shape index (κ1) is 10.2. The zero-order valence-electron chi connectivity index (χ0n) is 8.90. The van der Waals surface area contributed by atoms with Gasteiger partial charge in [-0.1, -0.05) is 0 Å². The van der Waals surface area contributed by atoms with Gasteiger partial charge in [0.15, 0.2) is 5.78 Å². The van der Waals surface area contributed by atoms with Crippen LogP contribution >= 0.6 is 0 Å². The minimum Gasteiger partial charge on any atom is -0.496 e. The molecule has 0 spiro atoms. The Morgan fingerprint density at radius 1 is 1.50 bits per heavy atom. The summed E-state index contributed by atoms with van der Waals surface area (Å²) in [5.41, 5.74) is 0.966. The van der Waals surface area contributed by atoms with Gasteiger partial charge in [0.1, 0.15) is 17.4 Å². The number of rotatable bonds is 2. The van der Waals surface area contributed by atoms with Gasteiger partial charge in [0.2, 0.25) is 5.76 Å². The molecule has 80 valence electrons. The number of methoxy groups -OCH3 is 1. The van der Waals surface area contributed by atoms with Crippen LogP contribution in [0.4, 0.5) is 0 Å². The number of Topliss-reactive ketones (excluding diaryl/α,β-unsaturated/α-hetero) is 1. The van der Waals surface area contributed by atoms with Crippen molar-refractivity contribution in [2.45, 2.75) is 6.92 Å². The number of nitriles is 1. The highest BCUT2D eigenvalue weighted by molar-refractivity contribution is 6.08. The first-order valence-electron chi connectivity index (χ1n) is 4.69. The zero-order chi connectivity index (χ0) is 11.7. The smallest absolute Gasteiger partial charge is 0.204 e. The summed E-state index contributed by atoms with van der Waals surface area (Å²) in [7, 11) is 1.50. The van der Waals surface area contributed by atoms with Gasteiger partial charge in [-0.3, -0.25) is 4.79 Å². The number of nitrogens with zero attached hydrogens (tertiary/aromatic N) is 1. The molecule has 0 N–H and O–H groups in total. The highest BCUT2D eigenvalue weighted by atomic mass is 16.5. The summed E-state index contributed by atoms with van der Waals surface area (Å²) in [6, 6.07) is 6.79. The number of carbonyl (C=O) groups excluding carboxylic acids is 1. The molecule has 0 aliphatic carbocycles. The van der Waals surface area contributed by atoms with E-state index in [-0.39, 0.29) is 11.5 Å². The van der Waals surface area contributed by atoms with Gasteiger partial charge >= 0.3 is 0 Å². The third-order valence-electron chi connectivity index (χ3n) is 2.34. The zero-order valence-corrected chi connectivity index (χ0v) is 8.90. The van der Waals surface area contributed by atoms with Crippen molar-refractivity contribution in [3.63, 3.8) is 0 Å². The number of benzene rings is 1. The van der Waals surface area contributed by atoms with Crippen LogP contribution in [-0.4, -0.2) is 12.9 Å². The first-order valence-corrected chi connectivity index (χ1v) is 4.69. The Morgan fingerprint density at radius 2 is 2.25 bits per heavy atom. The Labute approximate surface area is 92.0 Å². The number of fused-ring (bicyclic) bond motifs is 1. The molecule has 2 rings (SSSR count). The largest absolute Gasteiger partial charge is 0.496 e. The molecule has 1 aromatic carbocycles. The van der Waals surface area contributed by atoms with E-state index in [9.17, 15) is 4.79 Å². The quantitative estimate of drug-likeness (QED) is 0.722. The first-order chi connectivity index (χ1) is 7.67. The average Bonchev–Trinajstić information content (AvgIpc) is 2.69. The van der Waals surface area contributed by atoms with Crippen molar-refractivity contribution < 1.29 is 13.9 Å². The number of ether oxygens (including phenoxy) is 1. The van der Waals surface area contributed by atoms with Gasteiger partial charge in [0.25, 0.3) is 0 Å². The Morgan fingerprint density at radius 3 is 2.81 bits per heavy atom. The fourth-order valence-corrected chi connectivity index (χ4v) is 1.68. The van der Waals surface area contributed by atoms with Crippen molar-refractivity contribution in [1.82, 2.24) is 0 Å². The molecule has 2 aromatic rings. The van der Waals surface area contributed by atoms with Crippen molar-refractivity contribution in [2.24, 2.45) is 0 Å². The molecule has 16 heavy (non-hydrogen) atoms. The van der Waals surface area contributed by atoms with Crippen molar-refractivity contribution in [2.75, 3.05) is 7.11 Å². The van der Waals surface area contributed by atoms with Crippen LogP contribution in [0.25, 0.3) is 11.0 Å². The lowest BCUT2D eigenvalue weighted by molar-refractivity contribution is 0.101. The minimum atomic E-state index is -0.118. The van der Waals surface area contributed by atoms with E-state index in [2.05, 4.69) is 0 Å². The third kappa shape index (κ3) is 1.43. The summed E-state index contributed by atoms with van der Waals surface area (Å²) in [4.78, 5) is 11.5. The van der Waals surface area contributed by atoms with Crippen molar-refractivity contribution in [3.8, 4) is 11.8 Å². The second kappa shape index (κ2) is 3.70. The topological polar surface area (TPSA) is 63.2 Å². The molecule has 1 aromatic heterocycles. The standard InChI is InChI=1S/C12H9NO3/c1-7(14)12-9-5-8(6-13)16-10(9)3-4-11(12)15-2/h3-5H,1-2H3. The predicted molar refractivity (Wildman–Crippen MR) is 57.5 cm³/mol. The summed E-state index contributed by atoms with van der Waals surface area (Å²) in [5.74, 6) is 0.559. The van der Waals surface area contributed by atoms with E-state index in [1.165, 1.54) is 14.0 Å². The van der Waals surface area contributed by atoms with Crippen molar-refractivity contribution >= 4 is 16.8 Å². The molecular weight excluding hydrogens is 206 g/mol. The number of hydrogen-bond acceptors (Lipinski definition) is 4. The van der Waals surface area contributed by atoms with E-state index >= 15 is 0 Å². The van der Waals surface area contributed by atoms with Crippen LogP contribution in [-0.2, 0) is 0 Å². The number of furan rings is 1. The monoisotopic (exact) mass is 215 g/mol. The van der Waals surface area contributed by atoms with Gasteiger partial charge in [-0.15, -0.1) is 0 Å². The van der Waals surface area contributed by atoms with Crippen LogP contribution in [0.15, 0.2) is 22.6 Å². The molecule has 0 aliphatic rings. The van der Waals surface area contributed by atoms with Crippen molar-refractivity contribution in [1.29, 1.82) is 5.26 Å². The van der Waals surface area contributed by atoms with E-state index in [0.717, 1.165) is 0 Å². The second-order valence-electron chi connectivity index (χ2n) is 3.33. The summed E-state index contributed by atoms with van der Waals surface area (Å²) in [6.07, 6.45) is 0. The average molecular weight is 215 g/mol. The molecule has 0 bridgehead atoms. The van der Waals surface area contributed by atoms with Crippen LogP contribution in [0.1, 0.15) is 23.0 Å². The maximum absolute atomic E-state index is 11.5. The van der Waals surface area contributed by atoms with E-state index in [1.807, 2.05) is 6.07 Å². The molecule has 0 unspecified atom stereocenters. The lowest BCUT2D eigenvalue weighted by Gasteiger charge is -2.05. The molecule has 0 saturated heterocycles. The molecule has 1 heterocycles. The van der Waals surface area contributed by atoms with Gasteiger partial charge in [-0.25, -0.2) is 0 Å². The van der Waals surface area contributed by atoms with Gasteiger partial charge in [-0.2, -0.15) is 5.26 Å². The van der Waals surface area contributed by atoms with Crippen LogP contribution < -0.4 is 4.74 Å². The maximum Gasteiger partial charge on any atom is 0.204 e. The third-order valence-corrected chi connectivity index (χ3v) is 2.34. The highest BCUT2D eigenvalue weighted by Crippen LogP contribution is 2.30. The molecule has 0 aliphatic heterocycles. The Kier molecular flexibility index (Phi) is 2.37. The lowest BCUT2D eigenvalue weighted by Crippen LogP contribution is -1.97. The maximum atomic E-state index is 11.5. The molecule has 4 nitrogen and oxygen atoms in total. The molecule has 0 atom stereocenters. The van der Waals surface area contributed by atoms with Crippen molar-refractivity contribution in [3.05, 3.63) is 29.5 Å². The Hall–Kier alpha value is -2.28. The van der Waals surface area contributed by atoms with Crippen LogP contribution in [0.3, 0.4) is 0 Å². The number of ketones is 1. The van der Waals surface area contributed by atoms with Gasteiger partial charge in [-0.05, 0) is 19.1 Å². The molecule has 0 radical (unpaired) electrons. The molecule has 0 amide bonds. The molecule has 4 heteroatoms. The summed E-state index contributed by atoms with van der Waals surface area (Å²) in [5, 5.41) is 9.35. The Bertz CT molecular complexity index is 604. The molecule has 0 saturated carbocycles. The van der Waals surface area contributed by atoms with Crippen LogP contribution in [0.5, 0.6) is 5.75 Å². The SMILES string of the molecule is COc1ccc2oc(C#N)cc2c1C(C)=O. The molecule has 0 fully saturated rings. The fraction of sp³-hybridized carbons (Fsp3) is 0.167. The summed E-state index contributed by atoms with van der Waals surface area (Å²) < 4.78 is 10.4. The summed E-state index contributed by atoms with van der Waals surface area (Å²) in [6.45, 7) is 1.45. The number of hydrogen-bond donors (Lipinski definition) is 0. The Balaban J connectivity index is 2.83. The van der Waals surface area contributed by atoms with E-state index in [4.69, 9.17) is 14.4 Å². The van der Waals surface area contributed by atoms with E-state index < -0.39 is 0 Å². The van der Waals surface area contributed by atoms with Gasteiger partial charge in [0.05, 0.1) is 12.7 Å². The second-order valence-corrected chi connectivity index (χ2v) is 3.33. The highest BCUT2D eigenvalue weighted by Gasteiger charge is 2.15. The van der Waals surface area contributed by atoms with Gasteiger partial charge < -0.3 is 9.15 Å². The minimum absolute atomic E-state index is 0.118.